The minimum Gasteiger partial charge on any atom is -0.208 e. The summed E-state index contributed by atoms with van der Waals surface area (Å²) in [6.07, 6.45) is 0. The quantitative estimate of drug-likeness (QED) is 0.203. The van der Waals surface area contributed by atoms with Gasteiger partial charge in [-0.15, -0.1) is 11.3 Å². The molecule has 0 spiro atoms. The van der Waals surface area contributed by atoms with Crippen molar-refractivity contribution in [2.75, 3.05) is 0 Å². The molecule has 0 bridgehead atoms. The molecule has 6 aromatic carbocycles. The Morgan fingerprint density at radius 3 is 1.70 bits per heavy atom. The minimum absolute atomic E-state index is 0.112. The summed E-state index contributed by atoms with van der Waals surface area (Å²) in [5, 5.41) is 1.13. The largest absolute Gasteiger partial charge is 0.208 e. The summed E-state index contributed by atoms with van der Waals surface area (Å²) in [4.78, 5) is 13.9. The minimum atomic E-state index is -0.590. The van der Waals surface area contributed by atoms with Crippen LogP contribution in [-0.4, -0.2) is 15.0 Å². The molecule has 0 N–H and O–H groups in total. The highest BCUT2D eigenvalue weighted by molar-refractivity contribution is 7.26. The number of aromatic nitrogens is 3. The van der Waals surface area contributed by atoms with Crippen LogP contribution in [0, 0.1) is 0 Å². The first-order chi connectivity index (χ1) is 27.5. The Morgan fingerprint density at radius 2 is 1.02 bits per heavy atom. The number of thiophene rings is 1. The third-order valence-electron chi connectivity index (χ3n) is 6.78. The summed E-state index contributed by atoms with van der Waals surface area (Å²) >= 11 is 1.22. The fraction of sp³-hybridized carbons (Fsp3) is 0. The molecule has 0 fully saturated rings. The van der Waals surface area contributed by atoms with Crippen molar-refractivity contribution >= 4 is 31.5 Å². The van der Waals surface area contributed by atoms with Gasteiger partial charge in [0.25, 0.3) is 0 Å². The maximum Gasteiger partial charge on any atom is 0.164 e. The van der Waals surface area contributed by atoms with E-state index in [4.69, 9.17) is 25.5 Å². The predicted molar refractivity (Wildman–Crippen MR) is 180 cm³/mol. The summed E-state index contributed by atoms with van der Waals surface area (Å²) in [5.74, 6) is 0.139. The van der Waals surface area contributed by atoms with E-state index in [0.717, 1.165) is 0 Å². The molecule has 0 aliphatic heterocycles. The van der Waals surface area contributed by atoms with Crippen molar-refractivity contribution < 1.29 is 20.6 Å². The highest BCUT2D eigenvalue weighted by Gasteiger charge is 2.16. The maximum atomic E-state index is 8.83. The van der Waals surface area contributed by atoms with Crippen molar-refractivity contribution in [1.29, 1.82) is 0 Å². The third-order valence-corrected chi connectivity index (χ3v) is 7.98. The summed E-state index contributed by atoms with van der Waals surface area (Å²) in [5.41, 5.74) is 0.908. The molecule has 0 atom stereocenters. The van der Waals surface area contributed by atoms with Gasteiger partial charge in [-0.2, -0.15) is 0 Å². The molecule has 0 radical (unpaired) electrons. The lowest BCUT2D eigenvalue weighted by atomic mass is 9.96. The standard InChI is InChI=1S/C39H25N3S/c1-5-13-26(14-6-1)31-23-33(27-15-7-2-8-16-27)36-34(24-31)32-22-21-30(25-35(32)43-36)39-41-37(28-17-9-3-10-18-28)40-38(42-39)29-19-11-4-12-20-29/h1-25H/i1D,2D,3D,5D,6D,7D,8D,9D,10D,13D,14D,15D,16D,17D,18D. The molecule has 8 rings (SSSR count). The SMILES string of the molecule is [2H]c1c([2H])c([2H])c(-c2cc(-c3c([2H])c([2H])c([2H])c([2H])c3[2H])c3sc4cc(-c5nc(-c6ccccc6)nc(-c6c([2H])c([2H])c([2H])c([2H])c6[2H])n5)ccc4c3c2)c([2H])c1[2H]. The van der Waals surface area contributed by atoms with Gasteiger partial charge < -0.3 is 0 Å². The van der Waals surface area contributed by atoms with E-state index in [1.54, 1.807) is 54.6 Å². The molecule has 2 aromatic heterocycles. The number of hydrogen-bond acceptors (Lipinski definition) is 4. The van der Waals surface area contributed by atoms with Crippen LogP contribution >= 0.6 is 11.3 Å². The zero-order valence-corrected chi connectivity index (χ0v) is 22.8. The second kappa shape index (κ2) is 10.8. The van der Waals surface area contributed by atoms with E-state index in [1.165, 1.54) is 17.4 Å². The van der Waals surface area contributed by atoms with E-state index in [9.17, 15) is 0 Å². The summed E-state index contributed by atoms with van der Waals surface area (Å²) < 4.78 is 128. The Hall–Kier alpha value is -5.45. The number of fused-ring (bicyclic) bond motifs is 3. The van der Waals surface area contributed by atoms with Crippen molar-refractivity contribution in [3.8, 4) is 56.4 Å². The van der Waals surface area contributed by atoms with E-state index >= 15 is 0 Å². The fourth-order valence-corrected chi connectivity index (χ4v) is 6.06. The van der Waals surface area contributed by atoms with Crippen LogP contribution in [0.4, 0.5) is 0 Å². The predicted octanol–water partition coefficient (Wildman–Crippen LogP) is 10.6. The molecule has 3 nitrogen and oxygen atoms in total. The second-order valence-corrected chi connectivity index (χ2v) is 10.4. The first-order valence-electron chi connectivity index (χ1n) is 20.6. The molecule has 2 heterocycles. The van der Waals surface area contributed by atoms with Gasteiger partial charge in [-0.05, 0) is 34.9 Å². The Balaban J connectivity index is 1.42. The van der Waals surface area contributed by atoms with Gasteiger partial charge in [-0.1, -0.05) is 133 Å². The molecule has 202 valence electrons. The van der Waals surface area contributed by atoms with Crippen molar-refractivity contribution in [3.05, 3.63) is 151 Å². The zero-order chi connectivity index (χ0) is 41.6. The molecule has 0 saturated carbocycles. The van der Waals surface area contributed by atoms with Crippen LogP contribution in [0.1, 0.15) is 20.6 Å². The highest BCUT2D eigenvalue weighted by atomic mass is 32.1. The van der Waals surface area contributed by atoms with Crippen molar-refractivity contribution in [2.24, 2.45) is 0 Å². The Morgan fingerprint density at radius 1 is 0.442 bits per heavy atom. The van der Waals surface area contributed by atoms with E-state index in [0.29, 0.717) is 31.3 Å². The number of hydrogen-bond donors (Lipinski definition) is 0. The lowest BCUT2D eigenvalue weighted by Gasteiger charge is -2.09. The van der Waals surface area contributed by atoms with Crippen LogP contribution in [0.5, 0.6) is 0 Å². The van der Waals surface area contributed by atoms with Gasteiger partial charge in [0.05, 0.1) is 20.6 Å². The number of rotatable bonds is 5. The van der Waals surface area contributed by atoms with Gasteiger partial charge in [-0.25, -0.2) is 15.0 Å². The van der Waals surface area contributed by atoms with Crippen molar-refractivity contribution in [3.63, 3.8) is 0 Å². The second-order valence-electron chi connectivity index (χ2n) is 9.39. The summed E-state index contributed by atoms with van der Waals surface area (Å²) in [6, 6.07) is 9.21. The average molecular weight is 583 g/mol. The zero-order valence-electron chi connectivity index (χ0n) is 37.0. The van der Waals surface area contributed by atoms with E-state index < -0.39 is 90.6 Å². The molecule has 43 heavy (non-hydrogen) atoms. The van der Waals surface area contributed by atoms with Crippen molar-refractivity contribution in [2.45, 2.75) is 0 Å². The van der Waals surface area contributed by atoms with E-state index in [2.05, 4.69) is 9.97 Å². The molecule has 0 saturated heterocycles. The molecule has 8 aromatic rings. The number of benzene rings is 6. The molecule has 0 aliphatic carbocycles. The van der Waals surface area contributed by atoms with E-state index in [1.807, 2.05) is 0 Å². The molecule has 0 unspecified atom stereocenters. The fourth-order valence-electron chi connectivity index (χ4n) is 4.82. The van der Waals surface area contributed by atoms with Crippen LogP contribution in [0.15, 0.2) is 151 Å². The normalized spacial score (nSPS) is 16.1. The van der Waals surface area contributed by atoms with Crippen molar-refractivity contribution in [1.82, 2.24) is 15.0 Å². The highest BCUT2D eigenvalue weighted by Crippen LogP contribution is 2.43. The van der Waals surface area contributed by atoms with Gasteiger partial charge in [0.1, 0.15) is 0 Å². The number of nitrogens with zero attached hydrogens (tertiary/aromatic N) is 3. The smallest absolute Gasteiger partial charge is 0.164 e. The molecular formula is C39H25N3S. The summed E-state index contributed by atoms with van der Waals surface area (Å²) in [7, 11) is 0. The Kier molecular flexibility index (Phi) is 3.54. The lowest BCUT2D eigenvalue weighted by Crippen LogP contribution is -1.99. The third kappa shape index (κ3) is 4.78. The van der Waals surface area contributed by atoms with E-state index in [-0.39, 0.29) is 45.3 Å². The van der Waals surface area contributed by atoms with Gasteiger partial charge >= 0.3 is 0 Å². The van der Waals surface area contributed by atoms with Crippen LogP contribution in [0.2, 0.25) is 0 Å². The van der Waals surface area contributed by atoms with Gasteiger partial charge in [-0.3, -0.25) is 0 Å². The lowest BCUT2D eigenvalue weighted by molar-refractivity contribution is 1.07. The summed E-state index contributed by atoms with van der Waals surface area (Å²) in [6.45, 7) is 0. The van der Waals surface area contributed by atoms with Crippen LogP contribution in [0.25, 0.3) is 76.6 Å². The van der Waals surface area contributed by atoms with Gasteiger partial charge in [0.15, 0.2) is 17.5 Å². The molecular weight excluding hydrogens is 543 g/mol. The monoisotopic (exact) mass is 582 g/mol. The molecule has 0 aliphatic rings. The van der Waals surface area contributed by atoms with Crippen LogP contribution < -0.4 is 0 Å². The average Bonchev–Trinajstić information content (AvgIpc) is 3.60. The first-order valence-corrected chi connectivity index (χ1v) is 13.9. The molecule has 4 heteroatoms. The van der Waals surface area contributed by atoms with Crippen LogP contribution in [-0.2, 0) is 0 Å². The molecule has 0 amide bonds. The van der Waals surface area contributed by atoms with Gasteiger partial charge in [0, 0.05) is 42.4 Å². The van der Waals surface area contributed by atoms with Gasteiger partial charge in [0.2, 0.25) is 0 Å². The van der Waals surface area contributed by atoms with Crippen LogP contribution in [0.3, 0.4) is 0 Å². The topological polar surface area (TPSA) is 38.7 Å². The first kappa shape index (κ1) is 14.1. The Bertz CT molecular complexity index is 2990. The maximum absolute atomic E-state index is 8.83. The Labute approximate surface area is 274 Å².